The minimum Gasteiger partial charge on any atom is -0.276 e. The molecule has 0 aliphatic rings. The lowest BCUT2D eigenvalue weighted by Crippen LogP contribution is -1.83. The largest absolute Gasteiger partial charge is 0.276 e. The van der Waals surface area contributed by atoms with Crippen molar-refractivity contribution >= 4 is 16.8 Å². The van der Waals surface area contributed by atoms with Gasteiger partial charge >= 0.3 is 0 Å². The molecule has 14 heavy (non-hydrogen) atoms. The average Bonchev–Trinajstić information content (AvgIpc) is 2.08. The Morgan fingerprint density at radius 3 is 2.43 bits per heavy atom. The van der Waals surface area contributed by atoms with Crippen LogP contribution in [0.4, 0.5) is 0 Å². The van der Waals surface area contributed by atoms with E-state index in [1.165, 1.54) is 12.5 Å². The van der Waals surface area contributed by atoms with Crippen molar-refractivity contribution in [3.63, 3.8) is 0 Å². The number of allylic oxidation sites excluding steroid dienone is 6. The molecular weight excluding hydrogens is 196 g/mol. The Kier molecular flexibility index (Phi) is 8.25. The topological polar surface area (TPSA) is 17.1 Å². The lowest BCUT2D eigenvalue weighted by molar-refractivity contribution is -0.107. The van der Waals surface area contributed by atoms with Crippen LogP contribution in [-0.4, -0.2) is 5.24 Å². The van der Waals surface area contributed by atoms with Crippen LogP contribution in [0.15, 0.2) is 36.5 Å². The summed E-state index contributed by atoms with van der Waals surface area (Å²) < 4.78 is 0. The molecule has 0 spiro atoms. The fraction of sp³-hybridized carbons (Fsp3) is 0.417. The van der Waals surface area contributed by atoms with Crippen molar-refractivity contribution in [3.05, 3.63) is 36.5 Å². The molecule has 0 rings (SSSR count). The van der Waals surface area contributed by atoms with Gasteiger partial charge in [-0.25, -0.2) is 0 Å². The van der Waals surface area contributed by atoms with Crippen LogP contribution in [0.25, 0.3) is 0 Å². The molecule has 1 nitrogen and oxygen atoms in total. The maximum absolute atomic E-state index is 10.3. The van der Waals surface area contributed by atoms with E-state index in [-0.39, 0.29) is 0 Å². The van der Waals surface area contributed by atoms with E-state index in [0.29, 0.717) is 0 Å². The summed E-state index contributed by atoms with van der Waals surface area (Å²) in [7, 11) is 0. The van der Waals surface area contributed by atoms with Gasteiger partial charge in [-0.1, -0.05) is 44.2 Å². The average molecular weight is 213 g/mol. The molecule has 0 radical (unpaired) electrons. The maximum atomic E-state index is 10.3. The van der Waals surface area contributed by atoms with Crippen molar-refractivity contribution in [2.24, 2.45) is 5.92 Å². The quantitative estimate of drug-likeness (QED) is 0.371. The molecule has 0 heterocycles. The molecule has 0 amide bonds. The summed E-state index contributed by atoms with van der Waals surface area (Å²) in [5.41, 5.74) is 0. The molecule has 2 heteroatoms. The molecule has 0 aliphatic carbocycles. The number of hydrogen-bond acceptors (Lipinski definition) is 1. The van der Waals surface area contributed by atoms with E-state index >= 15 is 0 Å². The van der Waals surface area contributed by atoms with Crippen molar-refractivity contribution < 1.29 is 4.79 Å². The second kappa shape index (κ2) is 8.76. The first-order valence-corrected chi connectivity index (χ1v) is 5.20. The predicted molar refractivity (Wildman–Crippen MR) is 62.4 cm³/mol. The van der Waals surface area contributed by atoms with Crippen molar-refractivity contribution in [2.75, 3.05) is 0 Å². The maximum Gasteiger partial charge on any atom is 0.245 e. The van der Waals surface area contributed by atoms with Gasteiger partial charge in [0, 0.05) is 0 Å². The molecule has 0 N–H and O–H groups in total. The normalized spacial score (nSPS) is 12.6. The van der Waals surface area contributed by atoms with Crippen LogP contribution in [0.3, 0.4) is 0 Å². The summed E-state index contributed by atoms with van der Waals surface area (Å²) in [5, 5.41) is -0.446. The highest BCUT2D eigenvalue weighted by molar-refractivity contribution is 6.66. The van der Waals surface area contributed by atoms with Crippen LogP contribution < -0.4 is 0 Å². The van der Waals surface area contributed by atoms with Gasteiger partial charge in [0.1, 0.15) is 0 Å². The number of carbonyl (C=O) groups is 1. The number of rotatable bonds is 6. The summed E-state index contributed by atoms with van der Waals surface area (Å²) in [4.78, 5) is 10.3. The standard InChI is InChI=1S/C12H17ClO/c1-11(2)9-7-5-3-4-6-8-10-12(13)14/h3-6,8,10-11H,7,9H2,1-2H3/b5-3+,6-4+,10-8+. The van der Waals surface area contributed by atoms with Crippen molar-refractivity contribution in [1.29, 1.82) is 0 Å². The summed E-state index contributed by atoms with van der Waals surface area (Å²) >= 11 is 5.10. The monoisotopic (exact) mass is 212 g/mol. The van der Waals surface area contributed by atoms with E-state index in [1.807, 2.05) is 12.2 Å². The van der Waals surface area contributed by atoms with Crippen molar-refractivity contribution in [2.45, 2.75) is 26.7 Å². The fourth-order valence-corrected chi connectivity index (χ4v) is 0.937. The Labute approximate surface area is 91.1 Å². The van der Waals surface area contributed by atoms with Gasteiger partial charge in [-0.3, -0.25) is 4.79 Å². The lowest BCUT2D eigenvalue weighted by atomic mass is 10.1. The van der Waals surface area contributed by atoms with Crippen molar-refractivity contribution in [3.8, 4) is 0 Å². The third-order valence-corrected chi connectivity index (χ3v) is 1.73. The predicted octanol–water partition coefficient (Wildman–Crippen LogP) is 3.86. The first-order chi connectivity index (χ1) is 6.63. The Balaban J connectivity index is 3.56. The van der Waals surface area contributed by atoms with Crippen LogP contribution in [0.5, 0.6) is 0 Å². The van der Waals surface area contributed by atoms with E-state index in [4.69, 9.17) is 11.6 Å². The van der Waals surface area contributed by atoms with Crippen LogP contribution in [0, 0.1) is 5.92 Å². The smallest absolute Gasteiger partial charge is 0.245 e. The highest BCUT2D eigenvalue weighted by Crippen LogP contribution is 2.03. The van der Waals surface area contributed by atoms with Crippen LogP contribution in [-0.2, 0) is 4.79 Å². The van der Waals surface area contributed by atoms with E-state index in [0.717, 1.165) is 12.3 Å². The van der Waals surface area contributed by atoms with Gasteiger partial charge in [0.15, 0.2) is 0 Å². The van der Waals surface area contributed by atoms with Gasteiger partial charge in [-0.15, -0.1) is 0 Å². The third-order valence-electron chi connectivity index (χ3n) is 1.61. The molecule has 0 aromatic carbocycles. The zero-order chi connectivity index (χ0) is 10.8. The Hall–Kier alpha value is -0.820. The third kappa shape index (κ3) is 11.2. The fourth-order valence-electron chi connectivity index (χ4n) is 0.864. The zero-order valence-electron chi connectivity index (χ0n) is 8.74. The summed E-state index contributed by atoms with van der Waals surface area (Å²) in [5.74, 6) is 0.748. The minimum atomic E-state index is -0.446. The highest BCUT2D eigenvalue weighted by Gasteiger charge is 1.88. The Bertz CT molecular complexity index is 237. The van der Waals surface area contributed by atoms with Gasteiger partial charge in [0.25, 0.3) is 0 Å². The molecule has 0 saturated carbocycles. The molecule has 0 bridgehead atoms. The number of halogens is 1. The van der Waals surface area contributed by atoms with Crippen molar-refractivity contribution in [1.82, 2.24) is 0 Å². The van der Waals surface area contributed by atoms with Gasteiger partial charge in [0.05, 0.1) is 0 Å². The minimum absolute atomic E-state index is 0.446. The summed E-state index contributed by atoms with van der Waals surface area (Å²) in [6.07, 6.45) is 13.0. The van der Waals surface area contributed by atoms with Gasteiger partial charge < -0.3 is 0 Å². The van der Waals surface area contributed by atoms with Gasteiger partial charge in [-0.05, 0) is 36.4 Å². The first kappa shape index (κ1) is 13.2. The Morgan fingerprint density at radius 1 is 1.21 bits per heavy atom. The van der Waals surface area contributed by atoms with E-state index in [1.54, 1.807) is 12.2 Å². The van der Waals surface area contributed by atoms with Gasteiger partial charge in [0.2, 0.25) is 5.24 Å². The highest BCUT2D eigenvalue weighted by atomic mass is 35.5. The van der Waals surface area contributed by atoms with E-state index in [2.05, 4.69) is 19.9 Å². The summed E-state index contributed by atoms with van der Waals surface area (Å²) in [6, 6.07) is 0. The van der Waals surface area contributed by atoms with E-state index in [9.17, 15) is 4.79 Å². The number of carbonyl (C=O) groups excluding carboxylic acids is 1. The zero-order valence-corrected chi connectivity index (χ0v) is 9.50. The van der Waals surface area contributed by atoms with Crippen LogP contribution >= 0.6 is 11.6 Å². The molecule has 0 aliphatic heterocycles. The van der Waals surface area contributed by atoms with Gasteiger partial charge in [-0.2, -0.15) is 0 Å². The summed E-state index contributed by atoms with van der Waals surface area (Å²) in [6.45, 7) is 4.41. The molecule has 0 unspecified atom stereocenters. The number of hydrogen-bond donors (Lipinski definition) is 0. The molecule has 78 valence electrons. The molecule has 0 atom stereocenters. The molecule has 0 saturated heterocycles. The van der Waals surface area contributed by atoms with Crippen LogP contribution in [0.2, 0.25) is 0 Å². The second-order valence-electron chi connectivity index (χ2n) is 3.45. The lowest BCUT2D eigenvalue weighted by Gasteiger charge is -1.97. The second-order valence-corrected chi connectivity index (χ2v) is 3.82. The molecule has 0 aromatic heterocycles. The Morgan fingerprint density at radius 2 is 1.86 bits per heavy atom. The molecular formula is C12H17ClO. The molecule has 0 aromatic rings. The first-order valence-electron chi connectivity index (χ1n) is 4.82. The van der Waals surface area contributed by atoms with Crippen LogP contribution in [0.1, 0.15) is 26.7 Å². The molecule has 0 fully saturated rings. The SMILES string of the molecule is CC(C)CC/C=C/C=C/C=C/C(=O)Cl. The van der Waals surface area contributed by atoms with E-state index < -0.39 is 5.24 Å².